The average Bonchev–Trinajstić information content (AvgIpc) is 2.66. The second kappa shape index (κ2) is 7.78. The lowest BCUT2D eigenvalue weighted by molar-refractivity contribution is -0.137. The van der Waals surface area contributed by atoms with Gasteiger partial charge in [-0.2, -0.15) is 18.3 Å². The molecule has 0 atom stereocenters. The summed E-state index contributed by atoms with van der Waals surface area (Å²) in [5.74, 6) is 0. The van der Waals surface area contributed by atoms with E-state index in [0.717, 1.165) is 23.4 Å². The summed E-state index contributed by atoms with van der Waals surface area (Å²) in [7, 11) is 0. The molecule has 0 fully saturated rings. The highest BCUT2D eigenvalue weighted by atomic mass is 19.4. The van der Waals surface area contributed by atoms with E-state index in [2.05, 4.69) is 10.2 Å². The molecular weight excluding hydrogens is 337 g/mol. The Morgan fingerprint density at radius 1 is 0.692 bits per heavy atom. The zero-order valence-electron chi connectivity index (χ0n) is 13.7. The summed E-state index contributed by atoms with van der Waals surface area (Å²) in [5, 5.41) is 8.13. The Balaban J connectivity index is 1.99. The van der Waals surface area contributed by atoms with Gasteiger partial charge >= 0.3 is 6.18 Å². The third-order valence-electron chi connectivity index (χ3n) is 3.72. The molecule has 130 valence electrons. The molecule has 0 unspecified atom stereocenters. The van der Waals surface area contributed by atoms with Gasteiger partial charge in [-0.05, 0) is 6.07 Å². The summed E-state index contributed by atoms with van der Waals surface area (Å²) >= 11 is 0. The van der Waals surface area contributed by atoms with Crippen LogP contribution in [0.1, 0.15) is 22.3 Å². The van der Waals surface area contributed by atoms with E-state index in [4.69, 9.17) is 0 Å². The van der Waals surface area contributed by atoms with Crippen LogP contribution >= 0.6 is 0 Å². The first-order chi connectivity index (χ1) is 12.6. The van der Waals surface area contributed by atoms with Crippen LogP contribution < -0.4 is 0 Å². The summed E-state index contributed by atoms with van der Waals surface area (Å²) in [5.41, 5.74) is 1.50. The van der Waals surface area contributed by atoms with Gasteiger partial charge in [0.25, 0.3) is 0 Å². The topological polar surface area (TPSA) is 24.7 Å². The van der Waals surface area contributed by atoms with Crippen molar-refractivity contribution in [3.05, 3.63) is 107 Å². The maximum atomic E-state index is 13.1. The molecule has 3 rings (SSSR count). The van der Waals surface area contributed by atoms with Crippen molar-refractivity contribution in [1.29, 1.82) is 0 Å². The molecule has 5 heteroatoms. The number of nitrogens with zero attached hydrogens (tertiary/aromatic N) is 2. The monoisotopic (exact) mass is 352 g/mol. The number of rotatable bonds is 4. The Bertz CT molecular complexity index is 873. The molecule has 0 saturated carbocycles. The molecule has 0 bridgehead atoms. The average molecular weight is 352 g/mol. The molecule has 0 radical (unpaired) electrons. The Kier molecular flexibility index (Phi) is 5.27. The predicted octanol–water partition coefficient (Wildman–Crippen LogP) is 5.58. The molecule has 0 amide bonds. The highest BCUT2D eigenvalue weighted by Crippen LogP contribution is 2.31. The summed E-state index contributed by atoms with van der Waals surface area (Å²) < 4.78 is 39.2. The fourth-order valence-corrected chi connectivity index (χ4v) is 2.49. The van der Waals surface area contributed by atoms with Crippen LogP contribution in [0.25, 0.3) is 0 Å². The molecule has 0 aliphatic carbocycles. The van der Waals surface area contributed by atoms with E-state index in [1.54, 1.807) is 0 Å². The molecular formula is C21H15F3N2. The van der Waals surface area contributed by atoms with Gasteiger partial charge in [-0.25, -0.2) is 0 Å². The number of benzene rings is 3. The van der Waals surface area contributed by atoms with Crippen LogP contribution in [0.3, 0.4) is 0 Å². The Morgan fingerprint density at radius 3 is 1.73 bits per heavy atom. The second-order valence-corrected chi connectivity index (χ2v) is 5.51. The van der Waals surface area contributed by atoms with Gasteiger partial charge in [-0.1, -0.05) is 78.9 Å². The van der Waals surface area contributed by atoms with Crippen molar-refractivity contribution in [1.82, 2.24) is 0 Å². The van der Waals surface area contributed by atoms with Gasteiger partial charge < -0.3 is 0 Å². The third kappa shape index (κ3) is 4.25. The largest absolute Gasteiger partial charge is 0.417 e. The molecule has 0 saturated heterocycles. The predicted molar refractivity (Wildman–Crippen MR) is 97.6 cm³/mol. The SMILES string of the molecule is FC(F)(F)c1ccccc1/C=N\N=C(c1ccccc1)c1ccccc1. The Labute approximate surface area is 149 Å². The lowest BCUT2D eigenvalue weighted by Crippen LogP contribution is -2.08. The minimum absolute atomic E-state index is 0.0239. The molecule has 0 heterocycles. The minimum atomic E-state index is -4.44. The smallest absolute Gasteiger partial charge is 0.166 e. The molecule has 0 aliphatic rings. The van der Waals surface area contributed by atoms with Gasteiger partial charge in [0.15, 0.2) is 0 Å². The number of halogens is 3. The highest BCUT2D eigenvalue weighted by Gasteiger charge is 2.32. The number of alkyl halides is 3. The van der Waals surface area contributed by atoms with Crippen LogP contribution in [0.4, 0.5) is 13.2 Å². The van der Waals surface area contributed by atoms with E-state index in [0.29, 0.717) is 5.71 Å². The van der Waals surface area contributed by atoms with Crippen LogP contribution in [0.2, 0.25) is 0 Å². The quantitative estimate of drug-likeness (QED) is 0.433. The molecule has 2 nitrogen and oxygen atoms in total. The molecule has 3 aromatic rings. The molecule has 26 heavy (non-hydrogen) atoms. The van der Waals surface area contributed by atoms with Crippen LogP contribution in [0.5, 0.6) is 0 Å². The van der Waals surface area contributed by atoms with Crippen molar-refractivity contribution >= 4 is 11.9 Å². The van der Waals surface area contributed by atoms with E-state index in [1.165, 1.54) is 18.2 Å². The maximum Gasteiger partial charge on any atom is 0.417 e. The fourth-order valence-electron chi connectivity index (χ4n) is 2.49. The minimum Gasteiger partial charge on any atom is -0.166 e. The first-order valence-corrected chi connectivity index (χ1v) is 7.94. The van der Waals surface area contributed by atoms with Crippen molar-refractivity contribution in [2.45, 2.75) is 6.18 Å². The van der Waals surface area contributed by atoms with Crippen molar-refractivity contribution in [3.8, 4) is 0 Å². The van der Waals surface area contributed by atoms with Gasteiger partial charge in [-0.15, -0.1) is 5.10 Å². The Hall–Kier alpha value is -3.21. The zero-order chi connectivity index (χ0) is 18.4. The van der Waals surface area contributed by atoms with Gasteiger partial charge in [0.2, 0.25) is 0 Å². The van der Waals surface area contributed by atoms with Crippen LogP contribution in [-0.4, -0.2) is 11.9 Å². The summed E-state index contributed by atoms with van der Waals surface area (Å²) in [6, 6.07) is 24.1. The molecule has 3 aromatic carbocycles. The fraction of sp³-hybridized carbons (Fsp3) is 0.0476. The van der Waals surface area contributed by atoms with E-state index in [9.17, 15) is 13.2 Å². The van der Waals surface area contributed by atoms with Crippen molar-refractivity contribution in [2.24, 2.45) is 10.2 Å². The van der Waals surface area contributed by atoms with Crippen LogP contribution in [0, 0.1) is 0 Å². The third-order valence-corrected chi connectivity index (χ3v) is 3.72. The van der Waals surface area contributed by atoms with Crippen molar-refractivity contribution in [3.63, 3.8) is 0 Å². The van der Waals surface area contributed by atoms with E-state index >= 15 is 0 Å². The van der Waals surface area contributed by atoms with Gasteiger partial charge in [-0.3, -0.25) is 0 Å². The second-order valence-electron chi connectivity index (χ2n) is 5.51. The summed E-state index contributed by atoms with van der Waals surface area (Å²) in [6.45, 7) is 0. The van der Waals surface area contributed by atoms with Gasteiger partial charge in [0.05, 0.1) is 11.8 Å². The molecule has 0 aromatic heterocycles. The van der Waals surface area contributed by atoms with E-state index in [1.807, 2.05) is 60.7 Å². The first kappa shape index (κ1) is 17.6. The molecule has 0 aliphatic heterocycles. The van der Waals surface area contributed by atoms with E-state index in [-0.39, 0.29) is 5.56 Å². The zero-order valence-corrected chi connectivity index (χ0v) is 13.7. The lowest BCUT2D eigenvalue weighted by Gasteiger charge is -2.09. The number of hydrogen-bond acceptors (Lipinski definition) is 2. The molecule has 0 N–H and O–H groups in total. The normalized spacial score (nSPS) is 11.5. The lowest BCUT2D eigenvalue weighted by atomic mass is 10.0. The number of hydrogen-bond donors (Lipinski definition) is 0. The van der Waals surface area contributed by atoms with E-state index < -0.39 is 11.7 Å². The standard InChI is InChI=1S/C21H15F3N2/c22-21(23,24)19-14-8-7-13-18(19)15-25-26-20(16-9-3-1-4-10-16)17-11-5-2-6-12-17/h1-15H/b25-15-. The van der Waals surface area contributed by atoms with Crippen molar-refractivity contribution < 1.29 is 13.2 Å². The van der Waals surface area contributed by atoms with Crippen LogP contribution in [-0.2, 0) is 6.18 Å². The maximum absolute atomic E-state index is 13.1. The highest BCUT2D eigenvalue weighted by molar-refractivity contribution is 6.12. The van der Waals surface area contributed by atoms with Gasteiger partial charge in [0.1, 0.15) is 5.71 Å². The molecule has 0 spiro atoms. The summed E-state index contributed by atoms with van der Waals surface area (Å²) in [4.78, 5) is 0. The Morgan fingerprint density at radius 2 is 1.19 bits per heavy atom. The van der Waals surface area contributed by atoms with Crippen LogP contribution in [0.15, 0.2) is 95.1 Å². The first-order valence-electron chi connectivity index (χ1n) is 7.94. The van der Waals surface area contributed by atoms with Gasteiger partial charge in [0, 0.05) is 16.7 Å². The van der Waals surface area contributed by atoms with Crippen molar-refractivity contribution in [2.75, 3.05) is 0 Å². The summed E-state index contributed by atoms with van der Waals surface area (Å²) in [6.07, 6.45) is -3.30.